The molecule has 1 atom stereocenters. The maximum atomic E-state index is 5.56. The van der Waals surface area contributed by atoms with Crippen LogP contribution < -0.4 is 0 Å². The summed E-state index contributed by atoms with van der Waals surface area (Å²) in [5.74, 6) is 2.33. The molecule has 1 unspecified atom stereocenters. The van der Waals surface area contributed by atoms with E-state index in [1.54, 1.807) is 18.7 Å². The molecule has 0 spiro atoms. The van der Waals surface area contributed by atoms with Crippen molar-refractivity contribution in [2.75, 3.05) is 0 Å². The molecule has 0 aliphatic carbocycles. The van der Waals surface area contributed by atoms with Crippen LogP contribution in [0.3, 0.4) is 0 Å². The average molecular weight is 325 g/mol. The first-order valence-electron chi connectivity index (χ1n) is 8.26. The maximum Gasteiger partial charge on any atom is 0.151 e. The van der Waals surface area contributed by atoms with E-state index >= 15 is 0 Å². The fraction of sp³-hybridized carbons (Fsp3) is 0.368. The molecule has 0 aromatic carbocycles. The summed E-state index contributed by atoms with van der Waals surface area (Å²) < 4.78 is 11.1. The third kappa shape index (κ3) is 3.92. The Hall–Kier alpha value is -2.40. The van der Waals surface area contributed by atoms with E-state index in [1.165, 1.54) is 0 Å². The third-order valence-electron chi connectivity index (χ3n) is 4.37. The molecule has 3 rings (SSSR count). The van der Waals surface area contributed by atoms with Gasteiger partial charge in [0.05, 0.1) is 19.4 Å². The molecule has 0 N–H and O–H groups in total. The zero-order chi connectivity index (χ0) is 16.9. The fourth-order valence-electron chi connectivity index (χ4n) is 2.61. The van der Waals surface area contributed by atoms with Gasteiger partial charge in [0, 0.05) is 30.1 Å². The second-order valence-corrected chi connectivity index (χ2v) is 6.38. The van der Waals surface area contributed by atoms with Crippen molar-refractivity contribution in [2.45, 2.75) is 39.9 Å². The lowest BCUT2D eigenvalue weighted by Gasteiger charge is -2.30. The number of hydrogen-bond acceptors (Lipinski definition) is 5. The highest BCUT2D eigenvalue weighted by Gasteiger charge is 2.21. The molecule has 0 fully saturated rings. The van der Waals surface area contributed by atoms with Crippen LogP contribution in [0.4, 0.5) is 0 Å². The minimum atomic E-state index is 0.393. The van der Waals surface area contributed by atoms with Gasteiger partial charge in [0.15, 0.2) is 5.76 Å². The second kappa shape index (κ2) is 7.45. The molecule has 0 aliphatic heterocycles. The molecule has 0 saturated carbocycles. The first-order chi connectivity index (χ1) is 11.6. The second-order valence-electron chi connectivity index (χ2n) is 6.38. The van der Waals surface area contributed by atoms with Gasteiger partial charge < -0.3 is 8.94 Å². The van der Waals surface area contributed by atoms with Crippen LogP contribution in [0.15, 0.2) is 57.9 Å². The Balaban J connectivity index is 1.76. The zero-order valence-electron chi connectivity index (χ0n) is 14.3. The van der Waals surface area contributed by atoms with Gasteiger partial charge in [-0.1, -0.05) is 19.0 Å². The summed E-state index contributed by atoms with van der Waals surface area (Å²) in [7, 11) is 0. The molecule has 0 amide bonds. The Bertz CT molecular complexity index is 735. The van der Waals surface area contributed by atoms with Crippen LogP contribution in [0.5, 0.6) is 0 Å². The van der Waals surface area contributed by atoms with E-state index in [4.69, 9.17) is 8.94 Å². The van der Waals surface area contributed by atoms with Crippen molar-refractivity contribution in [3.63, 3.8) is 0 Å². The molecule has 24 heavy (non-hydrogen) atoms. The van der Waals surface area contributed by atoms with Crippen molar-refractivity contribution in [1.29, 1.82) is 0 Å². The van der Waals surface area contributed by atoms with Gasteiger partial charge in [0.1, 0.15) is 11.5 Å². The largest absolute Gasteiger partial charge is 0.468 e. The predicted octanol–water partition coefficient (Wildman–Crippen LogP) is 4.38. The Kier molecular flexibility index (Phi) is 5.11. The molecule has 3 heterocycles. The molecule has 5 nitrogen and oxygen atoms in total. The van der Waals surface area contributed by atoms with E-state index in [-0.39, 0.29) is 0 Å². The number of hydrogen-bond donors (Lipinski definition) is 0. The molecule has 126 valence electrons. The van der Waals surface area contributed by atoms with Crippen LogP contribution >= 0.6 is 0 Å². The average Bonchev–Trinajstić information content (AvgIpc) is 3.26. The number of nitrogens with zero attached hydrogens (tertiary/aromatic N) is 3. The van der Waals surface area contributed by atoms with Crippen molar-refractivity contribution >= 4 is 0 Å². The Labute approximate surface area is 142 Å². The molecule has 0 radical (unpaired) electrons. The highest BCUT2D eigenvalue weighted by atomic mass is 16.5. The van der Waals surface area contributed by atoms with Crippen molar-refractivity contribution in [3.8, 4) is 11.3 Å². The highest BCUT2D eigenvalue weighted by molar-refractivity contribution is 5.57. The van der Waals surface area contributed by atoms with Gasteiger partial charge in [-0.05, 0) is 37.1 Å². The van der Waals surface area contributed by atoms with Crippen LogP contribution in [0.2, 0.25) is 0 Å². The van der Waals surface area contributed by atoms with Crippen LogP contribution in [0, 0.1) is 5.92 Å². The topological polar surface area (TPSA) is 55.3 Å². The van der Waals surface area contributed by atoms with E-state index in [2.05, 4.69) is 35.8 Å². The standard InChI is InChI=1S/C19H23N3O2/c1-14(2)15(3)22(12-17-5-4-10-23-17)13-18-11-19(21-24-18)16-6-8-20-9-7-16/h4-11,14-15H,12-13H2,1-3H3. The van der Waals surface area contributed by atoms with E-state index in [0.717, 1.165) is 29.3 Å². The fourth-order valence-corrected chi connectivity index (χ4v) is 2.61. The molecule has 0 bridgehead atoms. The molecule has 0 saturated heterocycles. The molecular weight excluding hydrogens is 302 g/mol. The van der Waals surface area contributed by atoms with Gasteiger partial charge in [0.25, 0.3) is 0 Å². The minimum absolute atomic E-state index is 0.393. The molecular formula is C19H23N3O2. The van der Waals surface area contributed by atoms with Crippen molar-refractivity contribution < 1.29 is 8.94 Å². The molecule has 3 aromatic rings. The summed E-state index contributed by atoms with van der Waals surface area (Å²) in [4.78, 5) is 6.38. The normalized spacial score (nSPS) is 12.9. The molecule has 3 aromatic heterocycles. The van der Waals surface area contributed by atoms with E-state index < -0.39 is 0 Å². The first-order valence-corrected chi connectivity index (χ1v) is 8.26. The van der Waals surface area contributed by atoms with Crippen LogP contribution in [0.1, 0.15) is 32.3 Å². The molecule has 0 aliphatic rings. The Morgan fingerprint density at radius 3 is 2.46 bits per heavy atom. The predicted molar refractivity (Wildman–Crippen MR) is 92.0 cm³/mol. The Morgan fingerprint density at radius 2 is 1.79 bits per heavy atom. The monoisotopic (exact) mass is 325 g/mol. The maximum absolute atomic E-state index is 5.56. The summed E-state index contributed by atoms with van der Waals surface area (Å²) in [5, 5.41) is 4.19. The first kappa shape index (κ1) is 16.5. The number of aromatic nitrogens is 2. The van der Waals surface area contributed by atoms with Gasteiger partial charge in [-0.15, -0.1) is 0 Å². The number of rotatable bonds is 7. The quantitative estimate of drug-likeness (QED) is 0.645. The number of pyridine rings is 1. The van der Waals surface area contributed by atoms with Crippen LogP contribution in [-0.2, 0) is 13.1 Å². The summed E-state index contributed by atoms with van der Waals surface area (Å²) >= 11 is 0. The van der Waals surface area contributed by atoms with Crippen molar-refractivity contribution in [3.05, 3.63) is 60.5 Å². The van der Waals surface area contributed by atoms with Crippen LogP contribution in [0.25, 0.3) is 11.3 Å². The third-order valence-corrected chi connectivity index (χ3v) is 4.37. The number of furan rings is 1. The van der Waals surface area contributed by atoms with E-state index in [9.17, 15) is 0 Å². The highest BCUT2D eigenvalue weighted by Crippen LogP contribution is 2.22. The van der Waals surface area contributed by atoms with Gasteiger partial charge in [-0.2, -0.15) is 0 Å². The summed E-state index contributed by atoms with van der Waals surface area (Å²) in [5.41, 5.74) is 1.84. The summed E-state index contributed by atoms with van der Waals surface area (Å²) in [6.07, 6.45) is 5.23. The van der Waals surface area contributed by atoms with Gasteiger partial charge in [-0.3, -0.25) is 9.88 Å². The van der Waals surface area contributed by atoms with Crippen molar-refractivity contribution in [2.24, 2.45) is 5.92 Å². The smallest absolute Gasteiger partial charge is 0.151 e. The lowest BCUT2D eigenvalue weighted by Crippen LogP contribution is -2.35. The van der Waals surface area contributed by atoms with Crippen LogP contribution in [-0.4, -0.2) is 21.1 Å². The summed E-state index contributed by atoms with van der Waals surface area (Å²) in [6, 6.07) is 10.2. The van der Waals surface area contributed by atoms with Gasteiger partial charge in [-0.25, -0.2) is 0 Å². The van der Waals surface area contributed by atoms with Gasteiger partial charge >= 0.3 is 0 Å². The lowest BCUT2D eigenvalue weighted by molar-refractivity contribution is 0.126. The zero-order valence-corrected chi connectivity index (χ0v) is 14.3. The summed E-state index contributed by atoms with van der Waals surface area (Å²) in [6.45, 7) is 8.12. The minimum Gasteiger partial charge on any atom is -0.468 e. The molecule has 5 heteroatoms. The SMILES string of the molecule is CC(C)C(C)N(Cc1ccco1)Cc1cc(-c2ccncc2)no1. The Morgan fingerprint density at radius 1 is 1.04 bits per heavy atom. The van der Waals surface area contributed by atoms with Gasteiger partial charge in [0.2, 0.25) is 0 Å². The van der Waals surface area contributed by atoms with E-state index in [0.29, 0.717) is 18.5 Å². The van der Waals surface area contributed by atoms with Crippen molar-refractivity contribution in [1.82, 2.24) is 15.0 Å². The lowest BCUT2D eigenvalue weighted by atomic mass is 10.0. The van der Waals surface area contributed by atoms with E-state index in [1.807, 2.05) is 30.3 Å².